The van der Waals surface area contributed by atoms with Gasteiger partial charge >= 0.3 is 0 Å². The Hall–Kier alpha value is -5.94. The van der Waals surface area contributed by atoms with Crippen LogP contribution in [-0.2, 0) is 0 Å². The number of pyridine rings is 2. The molecule has 0 unspecified atom stereocenters. The predicted octanol–water partition coefficient (Wildman–Crippen LogP) is 10.6. The van der Waals surface area contributed by atoms with Gasteiger partial charge in [-0.2, -0.15) is 0 Å². The second-order valence-electron chi connectivity index (χ2n) is 10.7. The van der Waals surface area contributed by atoms with Crippen molar-refractivity contribution < 1.29 is 8.83 Å². The van der Waals surface area contributed by atoms with Gasteiger partial charge in [0.25, 0.3) is 0 Å². The van der Waals surface area contributed by atoms with E-state index in [0.29, 0.717) is 0 Å². The minimum atomic E-state index is 0.756. The Bertz CT molecular complexity index is 2480. The number of hydrogen-bond donors (Lipinski definition) is 0. The number of fused-ring (bicyclic) bond motifs is 7. The van der Waals surface area contributed by atoms with E-state index in [2.05, 4.69) is 88.7 Å². The molecule has 4 aromatic heterocycles. The first-order valence-corrected chi connectivity index (χ1v) is 14.2. The first-order chi connectivity index (χ1) is 21.3. The van der Waals surface area contributed by atoms with Crippen molar-refractivity contribution in [2.75, 3.05) is 4.90 Å². The van der Waals surface area contributed by atoms with Gasteiger partial charge in [0, 0.05) is 46.0 Å². The lowest BCUT2D eigenvalue weighted by atomic mass is 10.0. The summed E-state index contributed by atoms with van der Waals surface area (Å²) in [6.07, 6.45) is 3.70. The quantitative estimate of drug-likeness (QED) is 0.217. The fraction of sp³-hybridized carbons (Fsp3) is 0. The zero-order valence-corrected chi connectivity index (χ0v) is 22.9. The van der Waals surface area contributed by atoms with E-state index in [1.807, 2.05) is 54.7 Å². The summed E-state index contributed by atoms with van der Waals surface area (Å²) in [5, 5.41) is 5.32. The molecule has 0 spiro atoms. The summed E-state index contributed by atoms with van der Waals surface area (Å²) in [7, 11) is 0. The second kappa shape index (κ2) is 9.29. The highest BCUT2D eigenvalue weighted by Gasteiger charge is 2.19. The first-order valence-electron chi connectivity index (χ1n) is 14.2. The minimum Gasteiger partial charge on any atom is -0.456 e. The van der Waals surface area contributed by atoms with Gasteiger partial charge in [-0.05, 0) is 76.5 Å². The number of benzene rings is 5. The fourth-order valence-electron chi connectivity index (χ4n) is 6.05. The Morgan fingerprint density at radius 3 is 2.16 bits per heavy atom. The number of hydrogen-bond acceptors (Lipinski definition) is 5. The molecule has 0 fully saturated rings. The molecular formula is C38H23N3O2. The lowest BCUT2D eigenvalue weighted by molar-refractivity contribution is 0.667. The van der Waals surface area contributed by atoms with E-state index in [9.17, 15) is 0 Å². The summed E-state index contributed by atoms with van der Waals surface area (Å²) in [4.78, 5) is 11.7. The van der Waals surface area contributed by atoms with E-state index in [1.54, 1.807) is 6.20 Å². The molecule has 43 heavy (non-hydrogen) atoms. The van der Waals surface area contributed by atoms with Crippen LogP contribution in [0.15, 0.2) is 149 Å². The van der Waals surface area contributed by atoms with Crippen molar-refractivity contribution in [3.63, 3.8) is 0 Å². The molecule has 0 aliphatic heterocycles. The van der Waals surface area contributed by atoms with Gasteiger partial charge in [0.15, 0.2) is 5.58 Å². The standard InChI is InChI=1S/C38H23N3O2/c1-2-7-24(8-3-1)25-12-13-27-20-28(15-14-26(27)19-25)41(29-16-17-34-31(21-29)38-35(42-34)11-6-18-39-38)37-22-36-32(23-40-37)30-9-4-5-10-33(30)43-36/h1-23H. The SMILES string of the molecule is c1ccc(-c2ccc3cc(N(c4ccc5oc6cccnc6c5c4)c4cc5oc6ccccc6c5cn4)ccc3c2)cc1. The third kappa shape index (κ3) is 3.86. The lowest BCUT2D eigenvalue weighted by Crippen LogP contribution is -2.11. The van der Waals surface area contributed by atoms with Crippen molar-refractivity contribution in [3.05, 3.63) is 140 Å². The number of furan rings is 2. The zero-order valence-electron chi connectivity index (χ0n) is 22.9. The molecule has 0 bridgehead atoms. The molecule has 0 aliphatic carbocycles. The van der Waals surface area contributed by atoms with Gasteiger partial charge in [-0.25, -0.2) is 4.98 Å². The van der Waals surface area contributed by atoms with Crippen LogP contribution < -0.4 is 4.90 Å². The molecule has 202 valence electrons. The molecule has 5 heteroatoms. The summed E-state index contributed by atoms with van der Waals surface area (Å²) in [5.41, 5.74) is 8.38. The number of rotatable bonds is 4. The zero-order chi connectivity index (χ0) is 28.3. The summed E-state index contributed by atoms with van der Waals surface area (Å²) in [6, 6.07) is 43.7. The second-order valence-corrected chi connectivity index (χ2v) is 10.7. The molecule has 0 N–H and O–H groups in total. The molecule has 0 atom stereocenters. The highest BCUT2D eigenvalue weighted by atomic mass is 16.3. The van der Waals surface area contributed by atoms with E-state index in [4.69, 9.17) is 13.8 Å². The largest absolute Gasteiger partial charge is 0.456 e. The van der Waals surface area contributed by atoms with Crippen LogP contribution in [0.3, 0.4) is 0 Å². The van der Waals surface area contributed by atoms with Gasteiger partial charge in [-0.15, -0.1) is 0 Å². The predicted molar refractivity (Wildman–Crippen MR) is 174 cm³/mol. The Kier molecular flexibility index (Phi) is 5.13. The Morgan fingerprint density at radius 1 is 0.465 bits per heavy atom. The number of para-hydroxylation sites is 1. The molecule has 0 aliphatic rings. The highest BCUT2D eigenvalue weighted by molar-refractivity contribution is 6.06. The average molecular weight is 554 g/mol. The number of nitrogens with zero attached hydrogens (tertiary/aromatic N) is 3. The van der Waals surface area contributed by atoms with Gasteiger partial charge in [0.05, 0.1) is 0 Å². The van der Waals surface area contributed by atoms with E-state index in [0.717, 1.165) is 66.6 Å². The maximum absolute atomic E-state index is 6.26. The summed E-state index contributed by atoms with van der Waals surface area (Å²) in [6.45, 7) is 0. The van der Waals surface area contributed by atoms with Crippen molar-refractivity contribution in [1.29, 1.82) is 0 Å². The van der Waals surface area contributed by atoms with E-state index in [-0.39, 0.29) is 0 Å². The van der Waals surface area contributed by atoms with Crippen LogP contribution >= 0.6 is 0 Å². The van der Waals surface area contributed by atoms with Gasteiger partial charge < -0.3 is 8.83 Å². The normalized spacial score (nSPS) is 11.7. The molecule has 9 aromatic rings. The molecular weight excluding hydrogens is 530 g/mol. The molecule has 5 aromatic carbocycles. The van der Waals surface area contributed by atoms with Crippen molar-refractivity contribution in [3.8, 4) is 11.1 Å². The smallest absolute Gasteiger partial charge is 0.153 e. The van der Waals surface area contributed by atoms with Gasteiger partial charge in [0.1, 0.15) is 28.1 Å². The average Bonchev–Trinajstić information content (AvgIpc) is 3.63. The molecule has 0 radical (unpaired) electrons. The van der Waals surface area contributed by atoms with Crippen LogP contribution in [0.1, 0.15) is 0 Å². The maximum Gasteiger partial charge on any atom is 0.153 e. The fourth-order valence-corrected chi connectivity index (χ4v) is 6.05. The summed E-state index contributed by atoms with van der Waals surface area (Å²) >= 11 is 0. The Balaban J connectivity index is 1.24. The van der Waals surface area contributed by atoms with Gasteiger partial charge in [-0.1, -0.05) is 66.7 Å². The van der Waals surface area contributed by atoms with Crippen LogP contribution in [0.5, 0.6) is 0 Å². The van der Waals surface area contributed by atoms with E-state index < -0.39 is 0 Å². The molecule has 9 rings (SSSR count). The molecule has 4 heterocycles. The van der Waals surface area contributed by atoms with Crippen molar-refractivity contribution in [2.45, 2.75) is 0 Å². The Morgan fingerprint density at radius 2 is 1.21 bits per heavy atom. The lowest BCUT2D eigenvalue weighted by Gasteiger charge is -2.24. The molecule has 5 nitrogen and oxygen atoms in total. The number of aromatic nitrogens is 2. The van der Waals surface area contributed by atoms with Crippen molar-refractivity contribution in [1.82, 2.24) is 9.97 Å². The maximum atomic E-state index is 6.26. The van der Waals surface area contributed by atoms with Gasteiger partial charge in [-0.3, -0.25) is 9.88 Å². The van der Waals surface area contributed by atoms with E-state index in [1.165, 1.54) is 16.5 Å². The highest BCUT2D eigenvalue weighted by Crippen LogP contribution is 2.40. The van der Waals surface area contributed by atoms with Crippen LogP contribution in [0.4, 0.5) is 17.2 Å². The molecule has 0 saturated heterocycles. The number of anilines is 3. The topological polar surface area (TPSA) is 55.3 Å². The van der Waals surface area contributed by atoms with Crippen molar-refractivity contribution in [2.24, 2.45) is 0 Å². The third-order valence-electron chi connectivity index (χ3n) is 8.13. The van der Waals surface area contributed by atoms with Crippen LogP contribution in [0.25, 0.3) is 65.9 Å². The summed E-state index contributed by atoms with van der Waals surface area (Å²) in [5.74, 6) is 0.756. The minimum absolute atomic E-state index is 0.756. The third-order valence-corrected chi connectivity index (χ3v) is 8.13. The van der Waals surface area contributed by atoms with Crippen LogP contribution in [0.2, 0.25) is 0 Å². The van der Waals surface area contributed by atoms with Crippen molar-refractivity contribution >= 4 is 72.0 Å². The van der Waals surface area contributed by atoms with Crippen LogP contribution in [0, 0.1) is 0 Å². The Labute approximate surface area is 246 Å². The van der Waals surface area contributed by atoms with E-state index >= 15 is 0 Å². The van der Waals surface area contributed by atoms with Gasteiger partial charge in [0.2, 0.25) is 0 Å². The monoisotopic (exact) mass is 553 g/mol. The molecule has 0 saturated carbocycles. The first kappa shape index (κ1) is 23.7. The molecule has 0 amide bonds. The summed E-state index contributed by atoms with van der Waals surface area (Å²) < 4.78 is 12.3. The van der Waals surface area contributed by atoms with Crippen LogP contribution in [-0.4, -0.2) is 9.97 Å².